The first kappa shape index (κ1) is 20.3. The van der Waals surface area contributed by atoms with Crippen LogP contribution < -0.4 is 19.6 Å². The van der Waals surface area contributed by atoms with Crippen LogP contribution in [0.2, 0.25) is 0 Å². The average molecular weight is 406 g/mol. The van der Waals surface area contributed by atoms with E-state index < -0.39 is 23.1 Å². The number of alkyl halides is 3. The third-order valence-electron chi connectivity index (χ3n) is 3.84. The van der Waals surface area contributed by atoms with Crippen molar-refractivity contribution in [3.8, 4) is 23.0 Å². The number of halogens is 3. The van der Waals surface area contributed by atoms with Gasteiger partial charge in [-0.2, -0.15) is 13.2 Å². The molecule has 0 fully saturated rings. The Morgan fingerprint density at radius 3 is 2.28 bits per heavy atom. The highest BCUT2D eigenvalue weighted by Crippen LogP contribution is 2.38. The lowest BCUT2D eigenvalue weighted by Gasteiger charge is -2.14. The van der Waals surface area contributed by atoms with Gasteiger partial charge in [-0.1, -0.05) is 6.58 Å². The molecular formula is C21H17F3O5. The molecule has 2 aromatic carbocycles. The molecule has 152 valence electrons. The van der Waals surface area contributed by atoms with E-state index in [4.69, 9.17) is 18.6 Å². The number of fused-ring (bicyclic) bond motifs is 1. The standard InChI is InChI=1S/C21H17F3O5/c1-12(2)11-27-15-8-9-16-17(10-15)29-20(21(22,23)24)19(18(16)25)28-14-6-4-13(26-3)5-7-14/h4-10H,1,11H2,2-3H3. The summed E-state index contributed by atoms with van der Waals surface area (Å²) in [6.07, 6.45) is -4.94. The van der Waals surface area contributed by atoms with Gasteiger partial charge in [-0.3, -0.25) is 4.79 Å². The van der Waals surface area contributed by atoms with Crippen molar-refractivity contribution in [2.24, 2.45) is 0 Å². The van der Waals surface area contributed by atoms with Crippen molar-refractivity contribution in [2.75, 3.05) is 13.7 Å². The summed E-state index contributed by atoms with van der Waals surface area (Å²) in [6, 6.07) is 9.79. The highest BCUT2D eigenvalue weighted by atomic mass is 19.4. The maximum Gasteiger partial charge on any atom is 0.453 e. The molecule has 0 saturated carbocycles. The second-order valence-corrected chi connectivity index (χ2v) is 6.27. The molecule has 0 bridgehead atoms. The zero-order valence-electron chi connectivity index (χ0n) is 15.6. The zero-order valence-corrected chi connectivity index (χ0v) is 15.6. The van der Waals surface area contributed by atoms with Crippen LogP contribution in [-0.4, -0.2) is 13.7 Å². The Balaban J connectivity index is 2.09. The molecule has 0 unspecified atom stereocenters. The maximum absolute atomic E-state index is 13.6. The summed E-state index contributed by atoms with van der Waals surface area (Å²) in [5.41, 5.74) is -0.477. The van der Waals surface area contributed by atoms with E-state index in [9.17, 15) is 18.0 Å². The number of ether oxygens (including phenoxy) is 3. The third-order valence-corrected chi connectivity index (χ3v) is 3.84. The highest BCUT2D eigenvalue weighted by molar-refractivity contribution is 5.79. The van der Waals surface area contributed by atoms with Crippen LogP contribution in [0.15, 0.2) is 63.8 Å². The Hall–Kier alpha value is -3.42. The van der Waals surface area contributed by atoms with E-state index in [0.29, 0.717) is 5.75 Å². The first-order valence-electron chi connectivity index (χ1n) is 8.46. The first-order valence-corrected chi connectivity index (χ1v) is 8.46. The largest absolute Gasteiger partial charge is 0.497 e. The fraction of sp³-hybridized carbons (Fsp3) is 0.190. The molecule has 8 heteroatoms. The minimum absolute atomic E-state index is 0.0318. The number of rotatable bonds is 6. The van der Waals surface area contributed by atoms with Gasteiger partial charge < -0.3 is 18.6 Å². The van der Waals surface area contributed by atoms with Crippen molar-refractivity contribution in [1.29, 1.82) is 0 Å². The summed E-state index contributed by atoms with van der Waals surface area (Å²) in [7, 11) is 1.45. The Bertz CT molecular complexity index is 1100. The van der Waals surface area contributed by atoms with Crippen LogP contribution in [0.25, 0.3) is 11.0 Å². The summed E-state index contributed by atoms with van der Waals surface area (Å²) in [5, 5.41) is -0.0656. The second kappa shape index (κ2) is 7.90. The maximum atomic E-state index is 13.6. The molecular weight excluding hydrogens is 389 g/mol. The van der Waals surface area contributed by atoms with Crippen molar-refractivity contribution in [1.82, 2.24) is 0 Å². The molecule has 1 aromatic heterocycles. The third kappa shape index (κ3) is 4.53. The average Bonchev–Trinajstić information content (AvgIpc) is 2.68. The molecule has 0 N–H and O–H groups in total. The first-order chi connectivity index (χ1) is 13.7. The number of hydrogen-bond donors (Lipinski definition) is 0. The van der Waals surface area contributed by atoms with Gasteiger partial charge in [0.05, 0.1) is 12.5 Å². The van der Waals surface area contributed by atoms with Crippen LogP contribution >= 0.6 is 0 Å². The molecule has 0 aliphatic heterocycles. The van der Waals surface area contributed by atoms with E-state index in [0.717, 1.165) is 5.57 Å². The molecule has 0 atom stereocenters. The van der Waals surface area contributed by atoms with Crippen LogP contribution in [0, 0.1) is 0 Å². The predicted octanol–water partition coefficient (Wildman–Crippen LogP) is 5.57. The van der Waals surface area contributed by atoms with Gasteiger partial charge in [0.1, 0.15) is 29.4 Å². The van der Waals surface area contributed by atoms with Crippen LogP contribution in [0.3, 0.4) is 0 Å². The lowest BCUT2D eigenvalue weighted by molar-refractivity contribution is -0.154. The van der Waals surface area contributed by atoms with Crippen molar-refractivity contribution in [2.45, 2.75) is 13.1 Å². The molecule has 29 heavy (non-hydrogen) atoms. The van der Waals surface area contributed by atoms with Gasteiger partial charge in [-0.25, -0.2) is 0 Å². The van der Waals surface area contributed by atoms with E-state index in [2.05, 4.69) is 6.58 Å². The lowest BCUT2D eigenvalue weighted by Crippen LogP contribution is -2.15. The predicted molar refractivity (Wildman–Crippen MR) is 101 cm³/mol. The van der Waals surface area contributed by atoms with Crippen molar-refractivity contribution < 1.29 is 31.8 Å². The summed E-state index contributed by atoms with van der Waals surface area (Å²) in [5.74, 6) is -1.69. The van der Waals surface area contributed by atoms with Crippen LogP contribution in [-0.2, 0) is 6.18 Å². The quantitative estimate of drug-likeness (QED) is 0.501. The van der Waals surface area contributed by atoms with Crippen LogP contribution in [0.1, 0.15) is 12.7 Å². The fourth-order valence-corrected chi connectivity index (χ4v) is 2.49. The van der Waals surface area contributed by atoms with Gasteiger partial charge in [0.2, 0.25) is 11.2 Å². The zero-order chi connectivity index (χ0) is 21.2. The van der Waals surface area contributed by atoms with E-state index in [1.54, 1.807) is 6.92 Å². The number of benzene rings is 2. The second-order valence-electron chi connectivity index (χ2n) is 6.27. The van der Waals surface area contributed by atoms with Gasteiger partial charge in [-0.15, -0.1) is 0 Å². The fourth-order valence-electron chi connectivity index (χ4n) is 2.49. The summed E-state index contributed by atoms with van der Waals surface area (Å²) in [4.78, 5) is 12.7. The summed E-state index contributed by atoms with van der Waals surface area (Å²) < 4.78 is 61.3. The van der Waals surface area contributed by atoms with Crippen molar-refractivity contribution >= 4 is 11.0 Å². The smallest absolute Gasteiger partial charge is 0.453 e. The monoisotopic (exact) mass is 406 g/mol. The molecule has 0 radical (unpaired) electrons. The summed E-state index contributed by atoms with van der Waals surface area (Å²) in [6.45, 7) is 5.61. The molecule has 1 heterocycles. The minimum Gasteiger partial charge on any atom is -0.497 e. The van der Waals surface area contributed by atoms with E-state index in [-0.39, 0.29) is 29.1 Å². The minimum atomic E-state index is -4.94. The molecule has 0 aliphatic carbocycles. The Morgan fingerprint density at radius 2 is 1.69 bits per heavy atom. The van der Waals surface area contributed by atoms with Gasteiger partial charge in [0.25, 0.3) is 5.76 Å². The van der Waals surface area contributed by atoms with Gasteiger partial charge >= 0.3 is 6.18 Å². The van der Waals surface area contributed by atoms with Crippen molar-refractivity contribution in [3.63, 3.8) is 0 Å². The van der Waals surface area contributed by atoms with Gasteiger partial charge in [0.15, 0.2) is 0 Å². The lowest BCUT2D eigenvalue weighted by atomic mass is 10.2. The molecule has 5 nitrogen and oxygen atoms in total. The topological polar surface area (TPSA) is 57.9 Å². The molecule has 0 aliphatic rings. The molecule has 0 saturated heterocycles. The highest BCUT2D eigenvalue weighted by Gasteiger charge is 2.40. The Morgan fingerprint density at radius 1 is 1.07 bits per heavy atom. The molecule has 3 aromatic rings. The molecule has 0 amide bonds. The normalized spacial score (nSPS) is 11.3. The van der Waals surface area contributed by atoms with Crippen LogP contribution in [0.4, 0.5) is 13.2 Å². The SMILES string of the molecule is C=C(C)COc1ccc2c(=O)c(Oc3ccc(OC)cc3)c(C(F)(F)F)oc2c1. The van der Waals surface area contributed by atoms with E-state index in [1.165, 1.54) is 49.6 Å². The Labute approximate surface area is 163 Å². The summed E-state index contributed by atoms with van der Waals surface area (Å²) >= 11 is 0. The molecule has 3 rings (SSSR count). The Kier molecular flexibility index (Phi) is 5.54. The van der Waals surface area contributed by atoms with Crippen LogP contribution in [0.5, 0.6) is 23.0 Å². The van der Waals surface area contributed by atoms with E-state index >= 15 is 0 Å². The van der Waals surface area contributed by atoms with Gasteiger partial charge in [-0.05, 0) is 48.9 Å². The molecule has 0 spiro atoms. The van der Waals surface area contributed by atoms with Gasteiger partial charge in [0, 0.05) is 6.07 Å². The number of methoxy groups -OCH3 is 1. The number of hydrogen-bond acceptors (Lipinski definition) is 5. The van der Waals surface area contributed by atoms with Crippen molar-refractivity contribution in [3.05, 3.63) is 70.6 Å². The van der Waals surface area contributed by atoms with E-state index in [1.807, 2.05) is 0 Å².